The average Bonchev–Trinajstić information content (AvgIpc) is 2.98. The molecule has 1 aromatic heterocycles. The van der Waals surface area contributed by atoms with E-state index >= 15 is 0 Å². The molecule has 0 aliphatic rings. The lowest BCUT2D eigenvalue weighted by atomic mass is 10.2. The second kappa shape index (κ2) is 11.3. The van der Waals surface area contributed by atoms with Gasteiger partial charge in [0.2, 0.25) is 0 Å². The van der Waals surface area contributed by atoms with Gasteiger partial charge in [0.25, 0.3) is 0 Å². The zero-order valence-corrected chi connectivity index (χ0v) is 18.5. The fraction of sp³-hybridized carbons (Fsp3) is 0.444. The minimum atomic E-state index is 0. The van der Waals surface area contributed by atoms with Crippen LogP contribution in [0.1, 0.15) is 23.2 Å². The number of nitrogens with zero attached hydrogens (tertiary/aromatic N) is 3. The van der Waals surface area contributed by atoms with Crippen LogP contribution >= 0.6 is 35.3 Å². The third-order valence-electron chi connectivity index (χ3n) is 3.56. The lowest BCUT2D eigenvalue weighted by molar-refractivity contribution is 0.790. The Morgan fingerprint density at radius 1 is 1.20 bits per heavy atom. The Hall–Kier alpha value is -1.35. The van der Waals surface area contributed by atoms with Gasteiger partial charge in [0.05, 0.1) is 17.2 Å². The standard InChI is InChI=1S/C18H27N5S.HI/c1-5-19-18(20-11-10-16-13-24-14(2)22-16)21-12-15-6-8-17(9-7-15)23(3)4;/h6-9,13H,5,10-12H2,1-4H3,(H2,19,20,21);1H. The number of aliphatic imine (C=N–C) groups is 1. The summed E-state index contributed by atoms with van der Waals surface area (Å²) in [5.74, 6) is 0.848. The van der Waals surface area contributed by atoms with Crippen LogP contribution in [0.4, 0.5) is 5.69 Å². The molecule has 0 radical (unpaired) electrons. The third-order valence-corrected chi connectivity index (χ3v) is 4.38. The van der Waals surface area contributed by atoms with Gasteiger partial charge in [0.1, 0.15) is 0 Å². The fourth-order valence-electron chi connectivity index (χ4n) is 2.24. The molecule has 2 rings (SSSR count). The molecular formula is C18H28IN5S. The molecule has 5 nitrogen and oxygen atoms in total. The van der Waals surface area contributed by atoms with E-state index in [2.05, 4.69) is 62.1 Å². The van der Waals surface area contributed by atoms with Crippen LogP contribution in [0.3, 0.4) is 0 Å². The summed E-state index contributed by atoms with van der Waals surface area (Å²) < 4.78 is 0. The molecule has 1 heterocycles. The van der Waals surface area contributed by atoms with Crippen molar-refractivity contribution in [2.45, 2.75) is 26.8 Å². The maximum Gasteiger partial charge on any atom is 0.191 e. The van der Waals surface area contributed by atoms with Gasteiger partial charge in [0.15, 0.2) is 5.96 Å². The van der Waals surface area contributed by atoms with Gasteiger partial charge in [-0.3, -0.25) is 0 Å². The number of anilines is 1. The van der Waals surface area contributed by atoms with Crippen molar-refractivity contribution in [3.05, 3.63) is 45.9 Å². The van der Waals surface area contributed by atoms with Gasteiger partial charge in [-0.15, -0.1) is 35.3 Å². The summed E-state index contributed by atoms with van der Waals surface area (Å²) >= 11 is 1.70. The molecule has 0 unspecified atom stereocenters. The molecule has 0 bridgehead atoms. The number of thiazole rings is 1. The first kappa shape index (κ1) is 21.7. The predicted octanol–water partition coefficient (Wildman–Crippen LogP) is 3.43. The Kier molecular flexibility index (Phi) is 9.81. The van der Waals surface area contributed by atoms with Gasteiger partial charge >= 0.3 is 0 Å². The van der Waals surface area contributed by atoms with E-state index in [1.165, 1.54) is 11.3 Å². The average molecular weight is 473 g/mol. The molecule has 2 aromatic rings. The summed E-state index contributed by atoms with van der Waals surface area (Å²) in [4.78, 5) is 11.2. The molecule has 138 valence electrons. The number of hydrogen-bond donors (Lipinski definition) is 2. The van der Waals surface area contributed by atoms with E-state index in [0.717, 1.165) is 36.2 Å². The highest BCUT2D eigenvalue weighted by atomic mass is 127. The van der Waals surface area contributed by atoms with E-state index < -0.39 is 0 Å². The van der Waals surface area contributed by atoms with Gasteiger partial charge < -0.3 is 15.5 Å². The van der Waals surface area contributed by atoms with Crippen molar-refractivity contribution in [1.82, 2.24) is 15.6 Å². The Morgan fingerprint density at radius 3 is 2.48 bits per heavy atom. The lowest BCUT2D eigenvalue weighted by Crippen LogP contribution is -2.38. The lowest BCUT2D eigenvalue weighted by Gasteiger charge is -2.13. The largest absolute Gasteiger partial charge is 0.378 e. The molecule has 7 heteroatoms. The molecule has 1 aromatic carbocycles. The summed E-state index contributed by atoms with van der Waals surface area (Å²) in [7, 11) is 4.09. The topological polar surface area (TPSA) is 52.6 Å². The predicted molar refractivity (Wildman–Crippen MR) is 120 cm³/mol. The highest BCUT2D eigenvalue weighted by Crippen LogP contribution is 2.12. The number of rotatable bonds is 7. The van der Waals surface area contributed by atoms with Crippen molar-refractivity contribution in [3.63, 3.8) is 0 Å². The van der Waals surface area contributed by atoms with Crippen molar-refractivity contribution >= 4 is 47.0 Å². The summed E-state index contributed by atoms with van der Waals surface area (Å²) in [6, 6.07) is 8.49. The van der Waals surface area contributed by atoms with Crippen LogP contribution in [0.2, 0.25) is 0 Å². The van der Waals surface area contributed by atoms with Crippen LogP contribution in [0.5, 0.6) is 0 Å². The second-order valence-electron chi connectivity index (χ2n) is 5.79. The first-order valence-electron chi connectivity index (χ1n) is 8.28. The summed E-state index contributed by atoms with van der Waals surface area (Å²) in [5, 5.41) is 9.90. The number of halogens is 1. The van der Waals surface area contributed by atoms with Crippen molar-refractivity contribution in [2.24, 2.45) is 4.99 Å². The number of nitrogens with one attached hydrogen (secondary N) is 2. The molecule has 0 aliphatic carbocycles. The van der Waals surface area contributed by atoms with Crippen LogP contribution in [-0.4, -0.2) is 38.1 Å². The van der Waals surface area contributed by atoms with Crippen molar-refractivity contribution < 1.29 is 0 Å². The van der Waals surface area contributed by atoms with Gasteiger partial charge in [-0.1, -0.05) is 12.1 Å². The highest BCUT2D eigenvalue weighted by Gasteiger charge is 2.01. The van der Waals surface area contributed by atoms with Gasteiger partial charge in [-0.25, -0.2) is 9.98 Å². The van der Waals surface area contributed by atoms with E-state index in [0.29, 0.717) is 6.54 Å². The number of benzene rings is 1. The number of aromatic nitrogens is 1. The van der Waals surface area contributed by atoms with Crippen LogP contribution in [0.25, 0.3) is 0 Å². The molecular weight excluding hydrogens is 445 g/mol. The van der Waals surface area contributed by atoms with E-state index in [9.17, 15) is 0 Å². The van der Waals surface area contributed by atoms with Crippen molar-refractivity contribution in [1.29, 1.82) is 0 Å². The van der Waals surface area contributed by atoms with Crippen LogP contribution < -0.4 is 15.5 Å². The maximum absolute atomic E-state index is 4.66. The normalized spacial score (nSPS) is 11.0. The number of hydrogen-bond acceptors (Lipinski definition) is 4. The third kappa shape index (κ3) is 7.60. The SMILES string of the molecule is CCNC(=NCc1ccc(N(C)C)cc1)NCCc1csc(C)n1.I. The van der Waals surface area contributed by atoms with Crippen LogP contribution in [0, 0.1) is 6.92 Å². The van der Waals surface area contributed by atoms with Crippen LogP contribution in [0.15, 0.2) is 34.6 Å². The fourth-order valence-corrected chi connectivity index (χ4v) is 2.89. The molecule has 0 aliphatic heterocycles. The minimum Gasteiger partial charge on any atom is -0.378 e. The summed E-state index contributed by atoms with van der Waals surface area (Å²) in [6.45, 7) is 6.45. The number of guanidine groups is 1. The first-order valence-corrected chi connectivity index (χ1v) is 9.16. The first-order chi connectivity index (χ1) is 11.6. The molecule has 0 saturated heterocycles. The maximum atomic E-state index is 4.66. The highest BCUT2D eigenvalue weighted by molar-refractivity contribution is 14.0. The Labute approximate surface area is 172 Å². The van der Waals surface area contributed by atoms with E-state index in [4.69, 9.17) is 0 Å². The van der Waals surface area contributed by atoms with E-state index in [1.54, 1.807) is 11.3 Å². The molecule has 0 atom stereocenters. The van der Waals surface area contributed by atoms with E-state index in [-0.39, 0.29) is 24.0 Å². The molecule has 0 spiro atoms. The Balaban J connectivity index is 0.00000312. The molecule has 0 amide bonds. The monoisotopic (exact) mass is 473 g/mol. The summed E-state index contributed by atoms with van der Waals surface area (Å²) in [5.41, 5.74) is 3.54. The summed E-state index contributed by atoms with van der Waals surface area (Å²) in [6.07, 6.45) is 0.909. The van der Waals surface area contributed by atoms with E-state index in [1.807, 2.05) is 21.0 Å². The second-order valence-corrected chi connectivity index (χ2v) is 6.85. The smallest absolute Gasteiger partial charge is 0.191 e. The molecule has 0 saturated carbocycles. The Bertz CT molecular complexity index is 652. The quantitative estimate of drug-likeness (QED) is 0.368. The number of aryl methyl sites for hydroxylation is 1. The zero-order valence-electron chi connectivity index (χ0n) is 15.4. The van der Waals surface area contributed by atoms with Crippen molar-refractivity contribution in [2.75, 3.05) is 32.1 Å². The van der Waals surface area contributed by atoms with Gasteiger partial charge in [0, 0.05) is 44.7 Å². The van der Waals surface area contributed by atoms with Gasteiger partial charge in [-0.2, -0.15) is 0 Å². The van der Waals surface area contributed by atoms with Crippen molar-refractivity contribution in [3.8, 4) is 0 Å². The molecule has 25 heavy (non-hydrogen) atoms. The minimum absolute atomic E-state index is 0. The Morgan fingerprint density at radius 2 is 1.92 bits per heavy atom. The zero-order chi connectivity index (χ0) is 17.4. The van der Waals surface area contributed by atoms with Crippen LogP contribution in [-0.2, 0) is 13.0 Å². The molecule has 2 N–H and O–H groups in total. The van der Waals surface area contributed by atoms with Gasteiger partial charge in [-0.05, 0) is 31.5 Å². The molecule has 0 fully saturated rings.